The van der Waals surface area contributed by atoms with Gasteiger partial charge in [-0.05, 0) is 42.3 Å². The number of amides is 1. The van der Waals surface area contributed by atoms with Gasteiger partial charge in [0.25, 0.3) is 10.1 Å². The molecule has 242 valence electrons. The quantitative estimate of drug-likeness (QED) is 0.313. The van der Waals surface area contributed by atoms with Crippen LogP contribution in [0.4, 0.5) is 17.5 Å². The molecule has 14 heteroatoms. The molecule has 1 saturated heterocycles. The van der Waals surface area contributed by atoms with E-state index in [1.54, 1.807) is 11.1 Å². The molecule has 8 rings (SSSR count). The van der Waals surface area contributed by atoms with Crippen molar-refractivity contribution in [1.29, 1.82) is 0 Å². The number of benzene rings is 1. The van der Waals surface area contributed by atoms with E-state index >= 15 is 0 Å². The molecule has 45 heavy (non-hydrogen) atoms. The normalized spacial score (nSPS) is 21.5. The molecule has 3 aromatic rings. The van der Waals surface area contributed by atoms with Gasteiger partial charge in [0.1, 0.15) is 5.82 Å². The van der Waals surface area contributed by atoms with E-state index < -0.39 is 10.1 Å². The molecular weight excluding hydrogens is 596 g/mol. The number of carbonyl (C=O) groups excluding carboxylic acids is 1. The largest absolute Gasteiger partial charge is 0.377 e. The summed E-state index contributed by atoms with van der Waals surface area (Å²) in [7, 11) is 0.330. The zero-order chi connectivity index (χ0) is 31.8. The van der Waals surface area contributed by atoms with Gasteiger partial charge in [0.2, 0.25) is 11.9 Å². The van der Waals surface area contributed by atoms with Crippen LogP contribution in [0.3, 0.4) is 0 Å². The van der Waals surface area contributed by atoms with Crippen LogP contribution in [0.25, 0.3) is 11.3 Å². The van der Waals surface area contributed by atoms with Crippen molar-refractivity contribution in [3.63, 3.8) is 0 Å². The Hall–Kier alpha value is -3.69. The third kappa shape index (κ3) is 9.65. The van der Waals surface area contributed by atoms with Crippen molar-refractivity contribution in [3.8, 4) is 11.3 Å². The summed E-state index contributed by atoms with van der Waals surface area (Å²) in [5.41, 5.74) is 3.64. The number of rotatable bonds is 6. The molecule has 2 aromatic heterocycles. The molecule has 5 aliphatic rings. The van der Waals surface area contributed by atoms with Gasteiger partial charge in [0, 0.05) is 83.1 Å². The molecule has 1 amide bonds. The Morgan fingerprint density at radius 1 is 0.978 bits per heavy atom. The highest BCUT2D eigenvalue weighted by molar-refractivity contribution is 7.85. The Kier molecular flexibility index (Phi) is 10.9. The average molecular weight is 639 g/mol. The third-order valence-corrected chi connectivity index (χ3v) is 8.55. The summed E-state index contributed by atoms with van der Waals surface area (Å²) < 4.78 is 33.3. The summed E-state index contributed by atoms with van der Waals surface area (Å²) in [5, 5.41) is 3.34. The van der Waals surface area contributed by atoms with Crippen LogP contribution in [-0.4, -0.2) is 129 Å². The SMILES string of the molecule is CN1CCCN(C)c2ccc(cn2)-c2ccnc(n2)Nc2cccc(c2)CN2CCN(CC1=O)CC2COCCOS(C)(=O)=O. The molecule has 1 fully saturated rings. The van der Waals surface area contributed by atoms with Gasteiger partial charge >= 0.3 is 0 Å². The zero-order valence-electron chi connectivity index (χ0n) is 26.1. The molecule has 1 aromatic carbocycles. The van der Waals surface area contributed by atoms with E-state index in [0.29, 0.717) is 38.7 Å². The smallest absolute Gasteiger partial charge is 0.264 e. The van der Waals surface area contributed by atoms with Crippen molar-refractivity contribution >= 4 is 33.5 Å². The zero-order valence-corrected chi connectivity index (χ0v) is 26.9. The van der Waals surface area contributed by atoms with E-state index in [9.17, 15) is 13.2 Å². The number of aromatic nitrogens is 3. The fraction of sp³-hybridized carbons (Fsp3) is 0.484. The lowest BCUT2D eigenvalue weighted by atomic mass is 10.1. The van der Waals surface area contributed by atoms with Crippen LogP contribution in [0.15, 0.2) is 54.9 Å². The molecule has 1 N–H and O–H groups in total. The van der Waals surface area contributed by atoms with Gasteiger partial charge in [-0.1, -0.05) is 12.1 Å². The van der Waals surface area contributed by atoms with Crippen molar-refractivity contribution in [2.45, 2.75) is 19.0 Å². The molecule has 0 radical (unpaired) electrons. The lowest BCUT2D eigenvalue weighted by Gasteiger charge is -2.41. The first kappa shape index (κ1) is 32.7. The summed E-state index contributed by atoms with van der Waals surface area (Å²) >= 11 is 0. The van der Waals surface area contributed by atoms with Gasteiger partial charge < -0.3 is 19.9 Å². The number of ether oxygens (including phenoxy) is 1. The summed E-state index contributed by atoms with van der Waals surface area (Å²) in [5.74, 6) is 1.42. The van der Waals surface area contributed by atoms with Crippen molar-refractivity contribution in [3.05, 3.63) is 60.4 Å². The number of likely N-dealkylation sites (N-methyl/N-ethyl adjacent to an activating group) is 1. The second kappa shape index (κ2) is 15.1. The number of hydrogen-bond acceptors (Lipinski definition) is 12. The summed E-state index contributed by atoms with van der Waals surface area (Å²) in [6.07, 6.45) is 5.39. The van der Waals surface area contributed by atoms with Crippen molar-refractivity contribution < 1.29 is 22.1 Å². The van der Waals surface area contributed by atoms with Crippen LogP contribution in [0, 0.1) is 0 Å². The molecule has 13 nitrogen and oxygen atoms in total. The summed E-state index contributed by atoms with van der Waals surface area (Å²) in [6.45, 7) is 5.05. The predicted molar refractivity (Wildman–Crippen MR) is 173 cm³/mol. The molecule has 0 spiro atoms. The fourth-order valence-corrected chi connectivity index (χ4v) is 5.85. The number of carbonyl (C=O) groups is 1. The molecule has 5 aliphatic heterocycles. The lowest BCUT2D eigenvalue weighted by molar-refractivity contribution is -0.132. The van der Waals surface area contributed by atoms with Crippen LogP contribution < -0.4 is 10.2 Å². The van der Waals surface area contributed by atoms with Gasteiger partial charge in [-0.3, -0.25) is 18.8 Å². The van der Waals surface area contributed by atoms with E-state index in [2.05, 4.69) is 42.1 Å². The minimum atomic E-state index is -3.52. The van der Waals surface area contributed by atoms with Gasteiger partial charge in [0.15, 0.2) is 0 Å². The molecule has 0 aliphatic carbocycles. The molecule has 3 unspecified atom stereocenters. The van der Waals surface area contributed by atoms with Crippen LogP contribution in [0.5, 0.6) is 0 Å². The minimum absolute atomic E-state index is 0.000923. The minimum Gasteiger partial charge on any atom is -0.377 e. The molecular formula is C31H42N8O5S. The Morgan fingerprint density at radius 2 is 1.82 bits per heavy atom. The molecule has 8 bridgehead atoms. The van der Waals surface area contributed by atoms with Gasteiger partial charge in [0.05, 0.1) is 38.3 Å². The molecule has 7 heterocycles. The highest BCUT2D eigenvalue weighted by atomic mass is 32.2. The lowest BCUT2D eigenvalue weighted by Crippen LogP contribution is -2.56. The number of nitrogens with one attached hydrogen (secondary N) is 1. The Balaban J connectivity index is 1.36. The third-order valence-electron chi connectivity index (χ3n) is 7.95. The molecule has 3 atom stereocenters. The highest BCUT2D eigenvalue weighted by Crippen LogP contribution is 2.23. The average Bonchev–Trinajstić information content (AvgIpc) is 3.01. The molecule has 0 saturated carbocycles. The van der Waals surface area contributed by atoms with E-state index in [0.717, 1.165) is 60.6 Å². The van der Waals surface area contributed by atoms with Crippen LogP contribution in [-0.2, 0) is 30.4 Å². The maximum atomic E-state index is 13.2. The summed E-state index contributed by atoms with van der Waals surface area (Å²) in [4.78, 5) is 35.4. The van der Waals surface area contributed by atoms with Crippen LogP contribution in [0.2, 0.25) is 0 Å². The second-order valence-electron chi connectivity index (χ2n) is 11.5. The Morgan fingerprint density at radius 3 is 2.62 bits per heavy atom. The number of nitrogens with zero attached hydrogens (tertiary/aromatic N) is 7. The van der Waals surface area contributed by atoms with Gasteiger partial charge in [-0.2, -0.15) is 8.42 Å². The topological polar surface area (TPSA) is 133 Å². The van der Waals surface area contributed by atoms with Crippen molar-refractivity contribution in [2.75, 3.05) is 89.7 Å². The van der Waals surface area contributed by atoms with Gasteiger partial charge in [-0.25, -0.2) is 15.0 Å². The van der Waals surface area contributed by atoms with E-state index in [-0.39, 0.29) is 25.2 Å². The Labute approximate surface area is 265 Å². The number of piperazine rings is 1. The first-order chi connectivity index (χ1) is 21.6. The van der Waals surface area contributed by atoms with Crippen molar-refractivity contribution in [1.82, 2.24) is 29.7 Å². The van der Waals surface area contributed by atoms with E-state index in [1.807, 2.05) is 50.6 Å². The maximum absolute atomic E-state index is 13.2. The maximum Gasteiger partial charge on any atom is 0.264 e. The number of anilines is 3. The second-order valence-corrected chi connectivity index (χ2v) is 13.2. The van der Waals surface area contributed by atoms with Crippen LogP contribution >= 0.6 is 0 Å². The summed E-state index contributed by atoms with van der Waals surface area (Å²) in [6, 6.07) is 14.0. The van der Waals surface area contributed by atoms with Crippen LogP contribution in [0.1, 0.15) is 12.0 Å². The first-order valence-electron chi connectivity index (χ1n) is 15.1. The fourth-order valence-electron chi connectivity index (χ4n) is 5.48. The van der Waals surface area contributed by atoms with Gasteiger partial charge in [-0.15, -0.1) is 0 Å². The van der Waals surface area contributed by atoms with E-state index in [1.165, 1.54) is 0 Å². The van der Waals surface area contributed by atoms with Crippen molar-refractivity contribution in [2.24, 2.45) is 0 Å². The highest BCUT2D eigenvalue weighted by Gasteiger charge is 2.29. The monoisotopic (exact) mass is 638 g/mol. The van der Waals surface area contributed by atoms with E-state index in [4.69, 9.17) is 13.9 Å². The predicted octanol–water partition coefficient (Wildman–Crippen LogP) is 2.06. The number of pyridine rings is 1. The Bertz CT molecular complexity index is 1540. The number of hydrogen-bond donors (Lipinski definition) is 1. The first-order valence-corrected chi connectivity index (χ1v) is 16.9. The standard InChI is InChI=1S/C31H42N8O5S/c1-36-12-5-13-37(2)30(40)22-38-14-15-39(27(21-38)23-43-16-17-44-45(3,41)42)20-24-6-4-7-26(18-24)34-31-32-11-10-28(35-31)25-8-9-29(36)33-19-25/h4,6-11,18-19,27H,5,12-17,20-23H2,1-3H3,(H,32,34,35).